The second-order valence-electron chi connectivity index (χ2n) is 3.12. The molecule has 86 valence electrons. The van der Waals surface area contributed by atoms with Crippen LogP contribution in [0.3, 0.4) is 0 Å². The van der Waals surface area contributed by atoms with E-state index >= 15 is 0 Å². The summed E-state index contributed by atoms with van der Waals surface area (Å²) < 4.78 is 0.936. The molecule has 1 N–H and O–H groups in total. The summed E-state index contributed by atoms with van der Waals surface area (Å²) >= 11 is 0. The Hall–Kier alpha value is -2.77. The second kappa shape index (κ2) is 4.00. The predicted octanol–water partition coefficient (Wildman–Crippen LogP) is -0.171. The van der Waals surface area contributed by atoms with Crippen molar-refractivity contribution in [3.8, 4) is 5.69 Å². The van der Waals surface area contributed by atoms with Crippen LogP contribution in [0, 0.1) is 10.1 Å². The van der Waals surface area contributed by atoms with Gasteiger partial charge >= 0.3 is 5.69 Å². The van der Waals surface area contributed by atoms with E-state index in [9.17, 15) is 19.7 Å². The van der Waals surface area contributed by atoms with Crippen LogP contribution in [-0.4, -0.2) is 19.7 Å². The van der Waals surface area contributed by atoms with Gasteiger partial charge in [0, 0.05) is 12.1 Å². The van der Waals surface area contributed by atoms with Crippen molar-refractivity contribution in [2.24, 2.45) is 0 Å². The summed E-state index contributed by atoms with van der Waals surface area (Å²) in [5.41, 5.74) is -1.07. The summed E-state index contributed by atoms with van der Waals surface area (Å²) in [6.45, 7) is 0. The number of nitrogens with one attached hydrogen (secondary N) is 1. The zero-order chi connectivity index (χ0) is 12.4. The minimum absolute atomic E-state index is 0.0915. The van der Waals surface area contributed by atoms with Crippen molar-refractivity contribution in [1.29, 1.82) is 0 Å². The number of nitrogens with zero attached hydrogens (tertiary/aromatic N) is 3. The van der Waals surface area contributed by atoms with Gasteiger partial charge in [-0.1, -0.05) is 0 Å². The lowest BCUT2D eigenvalue weighted by molar-refractivity contribution is -0.384. The molecule has 8 heteroatoms. The lowest BCUT2D eigenvalue weighted by Crippen LogP contribution is -2.30. The van der Waals surface area contributed by atoms with Gasteiger partial charge in [0.15, 0.2) is 0 Å². The highest BCUT2D eigenvalue weighted by molar-refractivity contribution is 5.39. The molecule has 0 unspecified atom stereocenters. The van der Waals surface area contributed by atoms with E-state index < -0.39 is 16.2 Å². The molecule has 2 rings (SSSR count). The molecule has 0 aliphatic carbocycles. The lowest BCUT2D eigenvalue weighted by atomic mass is 10.3. The number of nitro benzene ring substituents is 1. The van der Waals surface area contributed by atoms with E-state index in [1.54, 1.807) is 0 Å². The normalized spacial score (nSPS) is 10.1. The SMILES string of the molecule is O=c1cnn(-c2ccc([N+](=O)[O-])cc2)c(=O)[nH]1. The monoisotopic (exact) mass is 234 g/mol. The maximum absolute atomic E-state index is 11.4. The summed E-state index contributed by atoms with van der Waals surface area (Å²) in [4.78, 5) is 34.1. The Labute approximate surface area is 93.3 Å². The van der Waals surface area contributed by atoms with E-state index in [1.807, 2.05) is 4.98 Å². The minimum atomic E-state index is -0.702. The molecular weight excluding hydrogens is 228 g/mol. The Kier molecular flexibility index (Phi) is 2.53. The number of H-pyrrole nitrogens is 1. The molecule has 0 fully saturated rings. The number of benzene rings is 1. The maximum Gasteiger partial charge on any atom is 0.349 e. The molecule has 0 saturated carbocycles. The first-order chi connectivity index (χ1) is 8.08. The van der Waals surface area contributed by atoms with Crippen LogP contribution in [0.2, 0.25) is 0 Å². The third kappa shape index (κ3) is 2.09. The third-order valence-electron chi connectivity index (χ3n) is 2.02. The largest absolute Gasteiger partial charge is 0.349 e. The zero-order valence-corrected chi connectivity index (χ0v) is 8.36. The first-order valence-corrected chi connectivity index (χ1v) is 4.51. The number of aromatic amines is 1. The fraction of sp³-hybridized carbons (Fsp3) is 0. The van der Waals surface area contributed by atoms with Crippen molar-refractivity contribution in [3.05, 3.63) is 61.4 Å². The predicted molar refractivity (Wildman–Crippen MR) is 57.1 cm³/mol. The molecule has 0 bridgehead atoms. The second-order valence-corrected chi connectivity index (χ2v) is 3.12. The van der Waals surface area contributed by atoms with Gasteiger partial charge in [-0.2, -0.15) is 9.78 Å². The first kappa shape index (κ1) is 10.7. The van der Waals surface area contributed by atoms with Gasteiger partial charge in [-0.05, 0) is 12.1 Å². The van der Waals surface area contributed by atoms with Crippen molar-refractivity contribution < 1.29 is 4.92 Å². The van der Waals surface area contributed by atoms with Crippen LogP contribution >= 0.6 is 0 Å². The van der Waals surface area contributed by atoms with Crippen molar-refractivity contribution in [3.63, 3.8) is 0 Å². The standard InChI is InChI=1S/C9H6N4O4/c14-8-5-10-12(9(15)11-8)6-1-3-7(4-2-6)13(16)17/h1-5H,(H,11,14,15). The summed E-state index contributed by atoms with van der Waals surface area (Å²) in [6.07, 6.45) is 0.947. The first-order valence-electron chi connectivity index (χ1n) is 4.51. The Balaban J connectivity index is 2.50. The van der Waals surface area contributed by atoms with Gasteiger partial charge in [-0.15, -0.1) is 0 Å². The Morgan fingerprint density at radius 3 is 2.41 bits per heavy atom. The zero-order valence-electron chi connectivity index (χ0n) is 8.36. The molecule has 2 aromatic rings. The van der Waals surface area contributed by atoms with Crippen LogP contribution in [0.4, 0.5) is 5.69 Å². The molecule has 0 radical (unpaired) electrons. The molecule has 1 heterocycles. The summed E-state index contributed by atoms with van der Waals surface area (Å²) in [7, 11) is 0. The summed E-state index contributed by atoms with van der Waals surface area (Å²) in [6, 6.07) is 5.22. The number of hydrogen-bond acceptors (Lipinski definition) is 5. The lowest BCUT2D eigenvalue weighted by Gasteiger charge is -2.01. The van der Waals surface area contributed by atoms with Gasteiger partial charge in [0.25, 0.3) is 11.2 Å². The maximum atomic E-state index is 11.4. The minimum Gasteiger partial charge on any atom is -0.271 e. The van der Waals surface area contributed by atoms with Gasteiger partial charge in [0.1, 0.15) is 6.20 Å². The van der Waals surface area contributed by atoms with Crippen molar-refractivity contribution in [2.75, 3.05) is 0 Å². The number of nitro groups is 1. The molecule has 0 aliphatic heterocycles. The van der Waals surface area contributed by atoms with Gasteiger partial charge in [0.05, 0.1) is 10.6 Å². The van der Waals surface area contributed by atoms with Crippen LogP contribution in [0.15, 0.2) is 40.1 Å². The average Bonchev–Trinajstić information content (AvgIpc) is 2.29. The molecule has 0 amide bonds. The quantitative estimate of drug-likeness (QED) is 0.572. The number of non-ortho nitro benzene ring substituents is 1. The number of rotatable bonds is 2. The van der Waals surface area contributed by atoms with E-state index in [1.165, 1.54) is 24.3 Å². The van der Waals surface area contributed by atoms with Gasteiger partial charge in [-0.3, -0.25) is 19.9 Å². The van der Waals surface area contributed by atoms with Crippen LogP contribution in [0.5, 0.6) is 0 Å². The summed E-state index contributed by atoms with van der Waals surface area (Å²) in [5.74, 6) is 0. The highest BCUT2D eigenvalue weighted by atomic mass is 16.6. The Bertz CT molecular complexity index is 670. The molecule has 17 heavy (non-hydrogen) atoms. The van der Waals surface area contributed by atoms with Crippen LogP contribution in [-0.2, 0) is 0 Å². The highest BCUT2D eigenvalue weighted by Crippen LogP contribution is 2.12. The van der Waals surface area contributed by atoms with E-state index in [0.29, 0.717) is 5.69 Å². The van der Waals surface area contributed by atoms with Crippen LogP contribution in [0.1, 0.15) is 0 Å². The molecule has 0 aliphatic rings. The molecule has 0 spiro atoms. The highest BCUT2D eigenvalue weighted by Gasteiger charge is 2.06. The molecule has 1 aromatic heterocycles. The molecule has 0 atom stereocenters. The van der Waals surface area contributed by atoms with Gasteiger partial charge in [-0.25, -0.2) is 4.79 Å². The number of hydrogen-bond donors (Lipinski definition) is 1. The topological polar surface area (TPSA) is 111 Å². The Morgan fingerprint density at radius 2 is 1.88 bits per heavy atom. The van der Waals surface area contributed by atoms with Gasteiger partial charge < -0.3 is 0 Å². The summed E-state index contributed by atoms with van der Waals surface area (Å²) in [5, 5.41) is 14.0. The fourth-order valence-corrected chi connectivity index (χ4v) is 1.25. The number of aromatic nitrogens is 3. The van der Waals surface area contributed by atoms with E-state index in [2.05, 4.69) is 5.10 Å². The molecule has 1 aromatic carbocycles. The fourth-order valence-electron chi connectivity index (χ4n) is 1.25. The van der Waals surface area contributed by atoms with E-state index in [0.717, 1.165) is 10.9 Å². The molecule has 8 nitrogen and oxygen atoms in total. The van der Waals surface area contributed by atoms with Crippen molar-refractivity contribution in [1.82, 2.24) is 14.8 Å². The van der Waals surface area contributed by atoms with Gasteiger partial charge in [0.2, 0.25) is 0 Å². The van der Waals surface area contributed by atoms with Crippen molar-refractivity contribution >= 4 is 5.69 Å². The van der Waals surface area contributed by atoms with Crippen molar-refractivity contribution in [2.45, 2.75) is 0 Å². The molecular formula is C9H6N4O4. The smallest absolute Gasteiger partial charge is 0.271 e. The molecule has 0 saturated heterocycles. The average molecular weight is 234 g/mol. The van der Waals surface area contributed by atoms with Crippen LogP contribution < -0.4 is 11.2 Å². The van der Waals surface area contributed by atoms with E-state index in [4.69, 9.17) is 0 Å². The Morgan fingerprint density at radius 1 is 1.24 bits per heavy atom. The third-order valence-corrected chi connectivity index (χ3v) is 2.02. The van der Waals surface area contributed by atoms with Crippen LogP contribution in [0.25, 0.3) is 5.69 Å². The van der Waals surface area contributed by atoms with E-state index in [-0.39, 0.29) is 5.69 Å².